The van der Waals surface area contributed by atoms with E-state index in [-0.39, 0.29) is 0 Å². The van der Waals surface area contributed by atoms with Crippen LogP contribution in [0.25, 0.3) is 0 Å². The van der Waals surface area contributed by atoms with Gasteiger partial charge in [-0.2, -0.15) is 0 Å². The van der Waals surface area contributed by atoms with E-state index in [1.807, 2.05) is 13.0 Å². The Labute approximate surface area is 80.2 Å². The van der Waals surface area contributed by atoms with Crippen molar-refractivity contribution in [2.45, 2.75) is 18.1 Å². The van der Waals surface area contributed by atoms with E-state index in [1.165, 1.54) is 11.8 Å². The van der Waals surface area contributed by atoms with Gasteiger partial charge in [-0.15, -0.1) is 11.3 Å². The van der Waals surface area contributed by atoms with Gasteiger partial charge in [-0.05, 0) is 36.9 Å². The van der Waals surface area contributed by atoms with Crippen LogP contribution in [0, 0.1) is 18.1 Å². The number of hydrogen-bond donors (Lipinski definition) is 0. The molecule has 0 spiro atoms. The lowest BCUT2D eigenvalue weighted by Crippen LogP contribution is -1.73. The number of rotatable bonds is 2. The van der Waals surface area contributed by atoms with Crippen molar-refractivity contribution in [3.8, 4) is 11.2 Å². The van der Waals surface area contributed by atoms with Gasteiger partial charge in [0.05, 0.1) is 4.21 Å². The first-order chi connectivity index (χ1) is 5.77. The van der Waals surface area contributed by atoms with Crippen molar-refractivity contribution in [1.29, 1.82) is 0 Å². The predicted molar refractivity (Wildman–Crippen MR) is 53.8 cm³/mol. The zero-order valence-corrected chi connectivity index (χ0v) is 8.51. The topological polar surface area (TPSA) is 17.1 Å². The van der Waals surface area contributed by atoms with Crippen molar-refractivity contribution >= 4 is 29.4 Å². The fraction of sp³-hybridized carbons (Fsp3) is 0.222. The van der Waals surface area contributed by atoms with Crippen molar-refractivity contribution in [2.24, 2.45) is 0 Å². The van der Waals surface area contributed by atoms with E-state index in [1.54, 1.807) is 18.3 Å². The molecule has 0 fully saturated rings. The van der Waals surface area contributed by atoms with Gasteiger partial charge in [-0.3, -0.25) is 4.79 Å². The Morgan fingerprint density at radius 3 is 3.00 bits per heavy atom. The summed E-state index contributed by atoms with van der Waals surface area (Å²) in [6.07, 6.45) is 0.878. The van der Waals surface area contributed by atoms with Gasteiger partial charge in [0, 0.05) is 10.4 Å². The molecule has 1 aromatic rings. The second-order valence-electron chi connectivity index (χ2n) is 2.17. The Balaban J connectivity index is 2.93. The lowest BCUT2D eigenvalue weighted by molar-refractivity contribution is 0.112. The molecule has 62 valence electrons. The van der Waals surface area contributed by atoms with Crippen LogP contribution in [0.4, 0.5) is 0 Å². The molecule has 0 radical (unpaired) electrons. The molecule has 0 unspecified atom stereocenters. The van der Waals surface area contributed by atoms with Gasteiger partial charge < -0.3 is 0 Å². The number of hydrogen-bond acceptors (Lipinski definition) is 3. The van der Waals surface area contributed by atoms with Gasteiger partial charge >= 0.3 is 0 Å². The number of thiophene rings is 1. The summed E-state index contributed by atoms with van der Waals surface area (Å²) in [5.41, 5.74) is 0.755. The van der Waals surface area contributed by atoms with Crippen LogP contribution in [0.15, 0.2) is 10.3 Å². The molecule has 0 amide bonds. The van der Waals surface area contributed by atoms with Crippen LogP contribution in [0.5, 0.6) is 0 Å². The molecule has 3 heteroatoms. The zero-order valence-electron chi connectivity index (χ0n) is 6.88. The normalized spacial score (nSPS) is 8.83. The molecule has 0 aromatic carbocycles. The maximum atomic E-state index is 10.5. The third-order valence-corrected chi connectivity index (χ3v) is 3.31. The Bertz CT molecular complexity index is 341. The van der Waals surface area contributed by atoms with E-state index in [4.69, 9.17) is 0 Å². The molecular formula is C9H8OS2. The highest BCUT2D eigenvalue weighted by atomic mass is 32.2. The lowest BCUT2D eigenvalue weighted by atomic mass is 10.3. The molecule has 0 aliphatic carbocycles. The molecule has 0 aliphatic rings. The number of carbonyl (C=O) groups excluding carboxylic acids is 1. The lowest BCUT2D eigenvalue weighted by Gasteiger charge is -1.86. The Morgan fingerprint density at radius 2 is 2.42 bits per heavy atom. The molecule has 12 heavy (non-hydrogen) atoms. The van der Waals surface area contributed by atoms with Crippen molar-refractivity contribution in [3.63, 3.8) is 0 Å². The highest BCUT2D eigenvalue weighted by Gasteiger charge is 2.04. The molecular weight excluding hydrogens is 188 g/mol. The summed E-state index contributed by atoms with van der Waals surface area (Å²) in [7, 11) is 0. The standard InChI is InChI=1S/C9H8OS2/c1-3-4-11-9-8(6-10)5-7(2)12-9/h5-6H,1-2H3. The average molecular weight is 196 g/mol. The summed E-state index contributed by atoms with van der Waals surface area (Å²) in [6.45, 7) is 3.77. The minimum absolute atomic E-state index is 0.755. The van der Waals surface area contributed by atoms with Crippen molar-refractivity contribution in [3.05, 3.63) is 16.5 Å². The predicted octanol–water partition coefficient (Wildman–Crippen LogP) is 2.94. The van der Waals surface area contributed by atoms with Gasteiger partial charge in [0.1, 0.15) is 0 Å². The van der Waals surface area contributed by atoms with Gasteiger partial charge in [0.25, 0.3) is 0 Å². The number of thioether (sulfide) groups is 1. The molecule has 0 saturated heterocycles. The first kappa shape index (κ1) is 9.37. The maximum Gasteiger partial charge on any atom is 0.152 e. The van der Waals surface area contributed by atoms with Crippen LogP contribution in [0.1, 0.15) is 22.2 Å². The van der Waals surface area contributed by atoms with E-state index in [0.29, 0.717) is 0 Å². The Kier molecular flexibility index (Phi) is 3.39. The molecule has 0 aliphatic heterocycles. The number of aldehydes is 1. The fourth-order valence-electron chi connectivity index (χ4n) is 0.772. The monoisotopic (exact) mass is 196 g/mol. The molecule has 0 N–H and O–H groups in total. The summed E-state index contributed by atoms with van der Waals surface area (Å²) in [6, 6.07) is 1.89. The van der Waals surface area contributed by atoms with Crippen molar-refractivity contribution in [1.82, 2.24) is 0 Å². The minimum Gasteiger partial charge on any atom is -0.298 e. The quantitative estimate of drug-likeness (QED) is 0.411. The van der Waals surface area contributed by atoms with Gasteiger partial charge in [0.15, 0.2) is 6.29 Å². The van der Waals surface area contributed by atoms with Gasteiger partial charge in [-0.1, -0.05) is 5.92 Å². The molecule has 0 atom stereocenters. The summed E-state index contributed by atoms with van der Waals surface area (Å²) < 4.78 is 0.997. The van der Waals surface area contributed by atoms with E-state index >= 15 is 0 Å². The fourth-order valence-corrected chi connectivity index (χ4v) is 2.58. The van der Waals surface area contributed by atoms with Crippen LogP contribution in [-0.4, -0.2) is 6.29 Å². The zero-order chi connectivity index (χ0) is 8.97. The highest BCUT2D eigenvalue weighted by molar-refractivity contribution is 8.05. The van der Waals surface area contributed by atoms with E-state index in [0.717, 1.165) is 20.9 Å². The second-order valence-corrected chi connectivity index (χ2v) is 4.50. The number of aryl methyl sites for hydroxylation is 1. The summed E-state index contributed by atoms with van der Waals surface area (Å²) in [5, 5.41) is 2.87. The highest BCUT2D eigenvalue weighted by Crippen LogP contribution is 2.29. The molecule has 0 bridgehead atoms. The van der Waals surface area contributed by atoms with Gasteiger partial charge in [-0.25, -0.2) is 0 Å². The third-order valence-electron chi connectivity index (χ3n) is 1.22. The largest absolute Gasteiger partial charge is 0.298 e. The average Bonchev–Trinajstić information content (AvgIpc) is 2.42. The van der Waals surface area contributed by atoms with Crippen LogP contribution in [-0.2, 0) is 0 Å². The molecule has 0 saturated carbocycles. The molecule has 1 nitrogen and oxygen atoms in total. The smallest absolute Gasteiger partial charge is 0.152 e. The van der Waals surface area contributed by atoms with Gasteiger partial charge in [0.2, 0.25) is 0 Å². The molecule has 1 heterocycles. The van der Waals surface area contributed by atoms with Crippen LogP contribution < -0.4 is 0 Å². The van der Waals surface area contributed by atoms with E-state index in [2.05, 4.69) is 11.2 Å². The molecule has 1 aromatic heterocycles. The van der Waals surface area contributed by atoms with Crippen LogP contribution in [0.2, 0.25) is 0 Å². The summed E-state index contributed by atoms with van der Waals surface area (Å²) in [4.78, 5) is 11.7. The first-order valence-corrected chi connectivity index (χ1v) is 5.05. The maximum absolute atomic E-state index is 10.5. The van der Waals surface area contributed by atoms with Crippen LogP contribution >= 0.6 is 23.1 Å². The minimum atomic E-state index is 0.755. The van der Waals surface area contributed by atoms with Crippen molar-refractivity contribution in [2.75, 3.05) is 0 Å². The first-order valence-electron chi connectivity index (χ1n) is 3.42. The second kappa shape index (κ2) is 4.34. The summed E-state index contributed by atoms with van der Waals surface area (Å²) in [5.74, 6) is 2.78. The SMILES string of the molecule is CC#CSc1sc(C)cc1C=O. The Hall–Kier alpha value is -0.720. The van der Waals surface area contributed by atoms with Crippen molar-refractivity contribution < 1.29 is 4.79 Å². The Morgan fingerprint density at radius 1 is 1.67 bits per heavy atom. The van der Waals surface area contributed by atoms with Crippen LogP contribution in [0.3, 0.4) is 0 Å². The summed E-state index contributed by atoms with van der Waals surface area (Å²) >= 11 is 3.03. The number of carbonyl (C=O) groups is 1. The third kappa shape index (κ3) is 2.13. The molecule has 1 rings (SSSR count). The van der Waals surface area contributed by atoms with E-state index in [9.17, 15) is 4.79 Å². The van der Waals surface area contributed by atoms with E-state index < -0.39 is 0 Å².